The van der Waals surface area contributed by atoms with Crippen molar-refractivity contribution >= 4 is 51.7 Å². The van der Waals surface area contributed by atoms with Gasteiger partial charge in [0.1, 0.15) is 15.8 Å². The van der Waals surface area contributed by atoms with Crippen molar-refractivity contribution in [2.75, 3.05) is 25.1 Å². The largest absolute Gasteiger partial charge is 0.382 e. The third-order valence-electron chi connectivity index (χ3n) is 4.58. The van der Waals surface area contributed by atoms with E-state index < -0.39 is 0 Å². The number of thiocarbonyl (C=S) groups is 1. The summed E-state index contributed by atoms with van der Waals surface area (Å²) in [4.78, 5) is 32.7. The second-order valence-electron chi connectivity index (χ2n) is 7.24. The molecule has 3 heterocycles. The first kappa shape index (κ1) is 22.5. The molecule has 9 heteroatoms. The molecule has 0 atom stereocenters. The molecule has 2 aromatic rings. The highest BCUT2D eigenvalue weighted by Gasteiger charge is 2.34. The molecule has 1 aliphatic rings. The molecule has 1 fully saturated rings. The van der Waals surface area contributed by atoms with Crippen molar-refractivity contribution in [2.45, 2.75) is 40.2 Å². The summed E-state index contributed by atoms with van der Waals surface area (Å²) in [5.74, 6) is 0.270. The zero-order valence-corrected chi connectivity index (χ0v) is 19.2. The number of fused-ring (bicyclic) bond motifs is 1. The maximum atomic E-state index is 13.3. The van der Waals surface area contributed by atoms with Crippen LogP contribution in [0.4, 0.5) is 5.82 Å². The number of ether oxygens (including phenoxy) is 1. The molecule has 1 aliphatic heterocycles. The van der Waals surface area contributed by atoms with Gasteiger partial charge in [-0.15, -0.1) is 0 Å². The maximum absolute atomic E-state index is 13.3. The molecule has 3 rings (SSSR count). The van der Waals surface area contributed by atoms with Gasteiger partial charge in [0.2, 0.25) is 0 Å². The standard InChI is InChI=1S/C21H26N4O3S2/c1-5-28-10-6-9-22-18-15(11-16-20(27)25(13(2)3)21(29)30-16)19(26)24-12-14(4)7-8-17(24)23-18/h7-8,11-13,22H,5-6,9-10H2,1-4H3/b16-11+. The van der Waals surface area contributed by atoms with E-state index in [2.05, 4.69) is 10.3 Å². The fourth-order valence-electron chi connectivity index (χ4n) is 3.11. The summed E-state index contributed by atoms with van der Waals surface area (Å²) >= 11 is 6.57. The van der Waals surface area contributed by atoms with Gasteiger partial charge in [0.05, 0.1) is 10.5 Å². The van der Waals surface area contributed by atoms with Crippen molar-refractivity contribution < 1.29 is 9.53 Å². The number of anilines is 1. The van der Waals surface area contributed by atoms with E-state index in [1.807, 2.05) is 39.8 Å². The highest BCUT2D eigenvalue weighted by atomic mass is 32.2. The van der Waals surface area contributed by atoms with Crippen LogP contribution < -0.4 is 10.9 Å². The van der Waals surface area contributed by atoms with E-state index in [0.29, 0.717) is 46.0 Å². The average Bonchev–Trinajstić information content (AvgIpc) is 2.98. The number of hydrogen-bond donors (Lipinski definition) is 1. The first-order valence-corrected chi connectivity index (χ1v) is 11.2. The monoisotopic (exact) mass is 446 g/mol. The average molecular weight is 447 g/mol. The van der Waals surface area contributed by atoms with Crippen molar-refractivity contribution in [1.82, 2.24) is 14.3 Å². The van der Waals surface area contributed by atoms with Gasteiger partial charge in [0.15, 0.2) is 0 Å². The minimum atomic E-state index is -0.231. The van der Waals surface area contributed by atoms with Crippen molar-refractivity contribution in [1.29, 1.82) is 0 Å². The minimum Gasteiger partial charge on any atom is -0.382 e. The fraction of sp³-hybridized carbons (Fsp3) is 0.429. The Morgan fingerprint density at radius 2 is 2.10 bits per heavy atom. The highest BCUT2D eigenvalue weighted by Crippen LogP contribution is 2.34. The smallest absolute Gasteiger partial charge is 0.267 e. The Bertz CT molecular complexity index is 1060. The molecule has 2 aromatic heterocycles. The Morgan fingerprint density at radius 3 is 2.77 bits per heavy atom. The Labute approximate surface area is 185 Å². The van der Waals surface area contributed by atoms with Gasteiger partial charge in [0.25, 0.3) is 11.5 Å². The van der Waals surface area contributed by atoms with E-state index >= 15 is 0 Å². The molecule has 160 valence electrons. The van der Waals surface area contributed by atoms with Crippen LogP contribution in [0.5, 0.6) is 0 Å². The quantitative estimate of drug-likeness (QED) is 0.378. The van der Waals surface area contributed by atoms with Crippen LogP contribution in [0.3, 0.4) is 0 Å². The van der Waals surface area contributed by atoms with Crippen molar-refractivity contribution in [3.05, 3.63) is 44.7 Å². The molecule has 0 aliphatic carbocycles. The summed E-state index contributed by atoms with van der Waals surface area (Å²) in [6.45, 7) is 9.58. The molecule has 0 saturated carbocycles. The minimum absolute atomic E-state index is 0.0435. The summed E-state index contributed by atoms with van der Waals surface area (Å²) in [6, 6.07) is 3.68. The molecular formula is C21H26N4O3S2. The summed E-state index contributed by atoms with van der Waals surface area (Å²) < 4.78 is 7.38. The number of pyridine rings is 1. The normalized spacial score (nSPS) is 15.8. The van der Waals surface area contributed by atoms with Crippen LogP contribution in [0.2, 0.25) is 0 Å². The van der Waals surface area contributed by atoms with Crippen molar-refractivity contribution in [3.63, 3.8) is 0 Å². The number of carbonyl (C=O) groups excluding carboxylic acids is 1. The van der Waals surface area contributed by atoms with Crippen LogP contribution in [0.15, 0.2) is 28.0 Å². The lowest BCUT2D eigenvalue weighted by atomic mass is 10.2. The Balaban J connectivity index is 2.03. The second-order valence-corrected chi connectivity index (χ2v) is 8.91. The molecule has 0 spiro atoms. The Kier molecular flexibility index (Phi) is 7.27. The van der Waals surface area contributed by atoms with Crippen LogP contribution in [0.25, 0.3) is 11.7 Å². The van der Waals surface area contributed by atoms with E-state index in [1.165, 1.54) is 16.2 Å². The van der Waals surface area contributed by atoms with E-state index in [0.717, 1.165) is 12.0 Å². The van der Waals surface area contributed by atoms with Crippen molar-refractivity contribution in [3.8, 4) is 0 Å². The molecule has 0 aromatic carbocycles. The molecular weight excluding hydrogens is 420 g/mol. The molecule has 0 bridgehead atoms. The van der Waals surface area contributed by atoms with E-state index in [-0.39, 0.29) is 17.5 Å². The van der Waals surface area contributed by atoms with Crippen LogP contribution in [-0.2, 0) is 9.53 Å². The summed E-state index contributed by atoms with van der Waals surface area (Å²) in [7, 11) is 0. The van der Waals surface area contributed by atoms with Gasteiger partial charge < -0.3 is 10.1 Å². The number of aryl methyl sites for hydroxylation is 1. The number of nitrogens with one attached hydrogen (secondary N) is 1. The number of amides is 1. The zero-order chi connectivity index (χ0) is 21.8. The van der Waals surface area contributed by atoms with Gasteiger partial charge >= 0.3 is 0 Å². The molecule has 1 saturated heterocycles. The SMILES string of the molecule is CCOCCCNc1nc2ccc(C)cn2c(=O)c1/C=C1/SC(=S)N(C(C)C)C1=O. The fourth-order valence-corrected chi connectivity index (χ4v) is 4.61. The van der Waals surface area contributed by atoms with Gasteiger partial charge in [0, 0.05) is 32.0 Å². The van der Waals surface area contributed by atoms with Crippen LogP contribution in [-0.4, -0.2) is 50.3 Å². The lowest BCUT2D eigenvalue weighted by Gasteiger charge is -2.18. The first-order valence-electron chi connectivity index (χ1n) is 9.95. The van der Waals surface area contributed by atoms with E-state index in [1.54, 1.807) is 17.2 Å². The Hall–Kier alpha value is -2.23. The topological polar surface area (TPSA) is 75.9 Å². The van der Waals surface area contributed by atoms with Gasteiger partial charge in [-0.3, -0.25) is 18.9 Å². The summed E-state index contributed by atoms with van der Waals surface area (Å²) in [5.41, 5.74) is 1.61. The zero-order valence-electron chi connectivity index (χ0n) is 17.6. The highest BCUT2D eigenvalue weighted by molar-refractivity contribution is 8.26. The third-order valence-corrected chi connectivity index (χ3v) is 5.91. The predicted octanol–water partition coefficient (Wildman–Crippen LogP) is 3.45. The number of hydrogen-bond acceptors (Lipinski definition) is 7. The molecule has 0 unspecified atom stereocenters. The summed E-state index contributed by atoms with van der Waals surface area (Å²) in [6.07, 6.45) is 4.13. The molecule has 30 heavy (non-hydrogen) atoms. The third kappa shape index (κ3) is 4.74. The van der Waals surface area contributed by atoms with Crippen LogP contribution >= 0.6 is 24.0 Å². The second kappa shape index (κ2) is 9.72. The van der Waals surface area contributed by atoms with Gasteiger partial charge in [-0.05, 0) is 51.8 Å². The molecule has 1 N–H and O–H groups in total. The van der Waals surface area contributed by atoms with Gasteiger partial charge in [-0.2, -0.15) is 0 Å². The lowest BCUT2D eigenvalue weighted by Crippen LogP contribution is -2.34. The van der Waals surface area contributed by atoms with Gasteiger partial charge in [-0.25, -0.2) is 4.98 Å². The molecule has 1 amide bonds. The number of aromatic nitrogens is 2. The van der Waals surface area contributed by atoms with E-state index in [4.69, 9.17) is 17.0 Å². The number of thioether (sulfide) groups is 1. The summed E-state index contributed by atoms with van der Waals surface area (Å²) in [5, 5.41) is 3.24. The molecule has 7 nitrogen and oxygen atoms in total. The number of carbonyl (C=O) groups is 1. The first-order chi connectivity index (χ1) is 14.3. The lowest BCUT2D eigenvalue weighted by molar-refractivity contribution is -0.123. The number of nitrogens with zero attached hydrogens (tertiary/aromatic N) is 3. The number of rotatable bonds is 8. The Morgan fingerprint density at radius 1 is 1.33 bits per heavy atom. The van der Waals surface area contributed by atoms with Crippen molar-refractivity contribution in [2.24, 2.45) is 0 Å². The molecule has 0 radical (unpaired) electrons. The van der Waals surface area contributed by atoms with Crippen LogP contribution in [0.1, 0.15) is 38.3 Å². The van der Waals surface area contributed by atoms with Gasteiger partial charge in [-0.1, -0.05) is 30.0 Å². The maximum Gasteiger partial charge on any atom is 0.267 e. The predicted molar refractivity (Wildman–Crippen MR) is 126 cm³/mol. The van der Waals surface area contributed by atoms with Crippen LogP contribution in [0, 0.1) is 6.92 Å². The van der Waals surface area contributed by atoms with E-state index in [9.17, 15) is 9.59 Å².